The standard InChI is InChI=1S/C15H15ClFNO/c16-13-6-3-5-11(8-9-18)15(13)19-10-12-4-1-2-7-14(12)17/h1-7H,8-10,18H2. The molecule has 2 rings (SSSR count). The second-order valence-electron chi connectivity index (χ2n) is 4.15. The van der Waals surface area contributed by atoms with Crippen LogP contribution in [-0.2, 0) is 13.0 Å². The Bertz CT molecular complexity index is 560. The summed E-state index contributed by atoms with van der Waals surface area (Å²) in [5, 5.41) is 0.516. The molecule has 2 nitrogen and oxygen atoms in total. The number of benzene rings is 2. The quantitative estimate of drug-likeness (QED) is 0.908. The fraction of sp³-hybridized carbons (Fsp3) is 0.200. The molecule has 0 unspecified atom stereocenters. The van der Waals surface area contributed by atoms with Gasteiger partial charge in [-0.25, -0.2) is 4.39 Å². The molecule has 0 aliphatic heterocycles. The van der Waals surface area contributed by atoms with Crippen LogP contribution in [0.2, 0.25) is 5.02 Å². The Morgan fingerprint density at radius 3 is 2.53 bits per heavy atom. The second-order valence-corrected chi connectivity index (χ2v) is 4.55. The summed E-state index contributed by atoms with van der Waals surface area (Å²) in [7, 11) is 0. The Kier molecular flexibility index (Phi) is 4.77. The summed E-state index contributed by atoms with van der Waals surface area (Å²) in [5.74, 6) is 0.299. The van der Waals surface area contributed by atoms with Crippen LogP contribution >= 0.6 is 11.6 Å². The molecular formula is C15H15ClFNO. The van der Waals surface area contributed by atoms with Crippen LogP contribution in [0.1, 0.15) is 11.1 Å². The van der Waals surface area contributed by atoms with Crippen LogP contribution in [0.4, 0.5) is 4.39 Å². The van der Waals surface area contributed by atoms with Gasteiger partial charge in [0, 0.05) is 5.56 Å². The minimum Gasteiger partial charge on any atom is -0.487 e. The van der Waals surface area contributed by atoms with E-state index in [0.717, 1.165) is 5.56 Å². The van der Waals surface area contributed by atoms with Crippen molar-refractivity contribution in [1.82, 2.24) is 0 Å². The van der Waals surface area contributed by atoms with Crippen molar-refractivity contribution in [2.45, 2.75) is 13.0 Å². The number of halogens is 2. The zero-order chi connectivity index (χ0) is 13.7. The molecule has 0 bridgehead atoms. The van der Waals surface area contributed by atoms with Crippen molar-refractivity contribution < 1.29 is 9.13 Å². The number of ether oxygens (including phenoxy) is 1. The monoisotopic (exact) mass is 279 g/mol. The topological polar surface area (TPSA) is 35.2 Å². The Labute approximate surface area is 117 Å². The lowest BCUT2D eigenvalue weighted by molar-refractivity contribution is 0.297. The fourth-order valence-corrected chi connectivity index (χ4v) is 2.08. The van der Waals surface area contributed by atoms with Gasteiger partial charge in [-0.1, -0.05) is 41.9 Å². The van der Waals surface area contributed by atoms with E-state index in [0.29, 0.717) is 29.3 Å². The van der Waals surface area contributed by atoms with Crippen molar-refractivity contribution in [2.75, 3.05) is 6.54 Å². The molecule has 2 aromatic carbocycles. The van der Waals surface area contributed by atoms with Gasteiger partial charge in [0.2, 0.25) is 0 Å². The number of hydrogen-bond acceptors (Lipinski definition) is 2. The summed E-state index contributed by atoms with van der Waals surface area (Å²) in [6.07, 6.45) is 0.674. The van der Waals surface area contributed by atoms with Crippen LogP contribution in [0, 0.1) is 5.82 Å². The molecule has 2 aromatic rings. The Morgan fingerprint density at radius 1 is 1.05 bits per heavy atom. The van der Waals surface area contributed by atoms with Gasteiger partial charge < -0.3 is 10.5 Å². The predicted octanol–water partition coefficient (Wildman–Crippen LogP) is 3.56. The van der Waals surface area contributed by atoms with Crippen molar-refractivity contribution in [1.29, 1.82) is 0 Å². The predicted molar refractivity (Wildman–Crippen MR) is 74.9 cm³/mol. The lowest BCUT2D eigenvalue weighted by atomic mass is 10.1. The average molecular weight is 280 g/mol. The van der Waals surface area contributed by atoms with E-state index in [1.807, 2.05) is 12.1 Å². The van der Waals surface area contributed by atoms with E-state index in [-0.39, 0.29) is 12.4 Å². The Hall–Kier alpha value is -1.58. The molecule has 0 aliphatic rings. The van der Waals surface area contributed by atoms with Gasteiger partial charge in [0.15, 0.2) is 0 Å². The molecule has 0 spiro atoms. The first-order valence-corrected chi connectivity index (χ1v) is 6.44. The highest BCUT2D eigenvalue weighted by molar-refractivity contribution is 6.32. The van der Waals surface area contributed by atoms with Gasteiger partial charge >= 0.3 is 0 Å². The molecule has 0 saturated heterocycles. The summed E-state index contributed by atoms with van der Waals surface area (Å²) in [6.45, 7) is 0.657. The van der Waals surface area contributed by atoms with E-state index in [4.69, 9.17) is 22.1 Å². The minimum atomic E-state index is -0.282. The van der Waals surface area contributed by atoms with Crippen molar-refractivity contribution in [3.8, 4) is 5.75 Å². The maximum absolute atomic E-state index is 13.5. The molecule has 0 aliphatic carbocycles. The normalized spacial score (nSPS) is 10.5. The fourth-order valence-electron chi connectivity index (χ4n) is 1.83. The molecule has 0 amide bonds. The second kappa shape index (κ2) is 6.55. The summed E-state index contributed by atoms with van der Waals surface area (Å²) >= 11 is 6.11. The van der Waals surface area contributed by atoms with Crippen molar-refractivity contribution in [3.05, 3.63) is 64.4 Å². The van der Waals surface area contributed by atoms with E-state index in [1.54, 1.807) is 24.3 Å². The van der Waals surface area contributed by atoms with E-state index < -0.39 is 0 Å². The Balaban J connectivity index is 2.17. The maximum Gasteiger partial charge on any atom is 0.141 e. The lowest BCUT2D eigenvalue weighted by Gasteiger charge is -2.13. The smallest absolute Gasteiger partial charge is 0.141 e. The summed E-state index contributed by atoms with van der Waals surface area (Å²) < 4.78 is 19.2. The van der Waals surface area contributed by atoms with Gasteiger partial charge in [-0.2, -0.15) is 0 Å². The highest BCUT2D eigenvalue weighted by Gasteiger charge is 2.09. The average Bonchev–Trinajstić information content (AvgIpc) is 2.40. The van der Waals surface area contributed by atoms with Gasteiger partial charge in [-0.15, -0.1) is 0 Å². The van der Waals surface area contributed by atoms with Crippen molar-refractivity contribution in [2.24, 2.45) is 5.73 Å². The molecule has 0 atom stereocenters. The third-order valence-corrected chi connectivity index (χ3v) is 3.09. The first-order valence-electron chi connectivity index (χ1n) is 6.06. The van der Waals surface area contributed by atoms with E-state index in [2.05, 4.69) is 0 Å². The van der Waals surface area contributed by atoms with Crippen molar-refractivity contribution >= 4 is 11.6 Å². The zero-order valence-corrected chi connectivity index (χ0v) is 11.2. The Morgan fingerprint density at radius 2 is 1.79 bits per heavy atom. The molecule has 100 valence electrons. The summed E-state index contributed by atoms with van der Waals surface area (Å²) in [5.41, 5.74) is 6.99. The van der Waals surface area contributed by atoms with Gasteiger partial charge in [0.05, 0.1) is 5.02 Å². The van der Waals surface area contributed by atoms with Crippen LogP contribution in [0.25, 0.3) is 0 Å². The molecule has 0 heterocycles. The maximum atomic E-state index is 13.5. The number of para-hydroxylation sites is 1. The highest BCUT2D eigenvalue weighted by atomic mass is 35.5. The number of rotatable bonds is 5. The first-order chi connectivity index (χ1) is 9.22. The van der Waals surface area contributed by atoms with Crippen LogP contribution < -0.4 is 10.5 Å². The van der Waals surface area contributed by atoms with Gasteiger partial charge in [-0.3, -0.25) is 0 Å². The van der Waals surface area contributed by atoms with Crippen LogP contribution in [0.3, 0.4) is 0 Å². The molecule has 19 heavy (non-hydrogen) atoms. The number of hydrogen-bond donors (Lipinski definition) is 1. The van der Waals surface area contributed by atoms with Crippen LogP contribution in [0.15, 0.2) is 42.5 Å². The summed E-state index contributed by atoms with van der Waals surface area (Å²) in [6, 6.07) is 12.0. The van der Waals surface area contributed by atoms with E-state index in [9.17, 15) is 4.39 Å². The molecule has 0 fully saturated rings. The van der Waals surface area contributed by atoms with Gasteiger partial charge in [0.1, 0.15) is 18.2 Å². The summed E-state index contributed by atoms with van der Waals surface area (Å²) in [4.78, 5) is 0. The third-order valence-electron chi connectivity index (χ3n) is 2.79. The molecule has 0 saturated carbocycles. The largest absolute Gasteiger partial charge is 0.487 e. The lowest BCUT2D eigenvalue weighted by Crippen LogP contribution is -2.06. The minimum absolute atomic E-state index is 0.147. The van der Waals surface area contributed by atoms with Gasteiger partial charge in [-0.05, 0) is 30.7 Å². The zero-order valence-electron chi connectivity index (χ0n) is 10.4. The third kappa shape index (κ3) is 3.46. The molecule has 4 heteroatoms. The van der Waals surface area contributed by atoms with E-state index >= 15 is 0 Å². The van der Waals surface area contributed by atoms with Gasteiger partial charge in [0.25, 0.3) is 0 Å². The van der Waals surface area contributed by atoms with E-state index in [1.165, 1.54) is 6.07 Å². The molecule has 0 radical (unpaired) electrons. The molecule has 0 aromatic heterocycles. The highest BCUT2D eigenvalue weighted by Crippen LogP contribution is 2.29. The molecular weight excluding hydrogens is 265 g/mol. The first kappa shape index (κ1) is 13.8. The van der Waals surface area contributed by atoms with Crippen LogP contribution in [0.5, 0.6) is 5.75 Å². The molecule has 2 N–H and O–H groups in total. The van der Waals surface area contributed by atoms with Crippen LogP contribution in [-0.4, -0.2) is 6.54 Å². The van der Waals surface area contributed by atoms with Crippen molar-refractivity contribution in [3.63, 3.8) is 0 Å². The number of nitrogens with two attached hydrogens (primary N) is 1. The SMILES string of the molecule is NCCc1cccc(Cl)c1OCc1ccccc1F.